The maximum absolute atomic E-state index is 13.8. The van der Waals surface area contributed by atoms with Crippen molar-refractivity contribution in [2.24, 2.45) is 5.41 Å². The molecule has 0 bridgehead atoms. The van der Waals surface area contributed by atoms with Crippen LogP contribution in [-0.2, 0) is 0 Å². The first-order valence-corrected chi connectivity index (χ1v) is 8.04. The lowest BCUT2D eigenvalue weighted by Crippen LogP contribution is -2.33. The summed E-state index contributed by atoms with van der Waals surface area (Å²) in [6.45, 7) is 5.32. The van der Waals surface area contributed by atoms with E-state index in [-0.39, 0.29) is 11.9 Å². The van der Waals surface area contributed by atoms with Gasteiger partial charge in [-0.1, -0.05) is 35.7 Å². The fourth-order valence-electron chi connectivity index (χ4n) is 3.11. The molecule has 0 heterocycles. The summed E-state index contributed by atoms with van der Waals surface area (Å²) in [4.78, 5) is 0. The highest BCUT2D eigenvalue weighted by Crippen LogP contribution is 2.40. The van der Waals surface area contributed by atoms with Gasteiger partial charge in [-0.2, -0.15) is 0 Å². The topological polar surface area (TPSA) is 12.0 Å². The van der Waals surface area contributed by atoms with Crippen molar-refractivity contribution in [3.63, 3.8) is 0 Å². The van der Waals surface area contributed by atoms with E-state index in [1.54, 1.807) is 6.07 Å². The zero-order chi connectivity index (χ0) is 13.9. The SMILES string of the molecule is CCC1(CNC(C)c2cc(Br)ccc2F)CCCC1. The molecule has 0 radical (unpaired) electrons. The number of hydrogen-bond acceptors (Lipinski definition) is 1. The Bertz CT molecular complexity index is 427. The monoisotopic (exact) mass is 327 g/mol. The Labute approximate surface area is 124 Å². The Balaban J connectivity index is 2.00. The minimum absolute atomic E-state index is 0.0570. The van der Waals surface area contributed by atoms with Crippen LogP contribution in [-0.4, -0.2) is 6.54 Å². The molecule has 1 aliphatic carbocycles. The number of benzene rings is 1. The second-order valence-electron chi connectivity index (χ2n) is 5.83. The van der Waals surface area contributed by atoms with Gasteiger partial charge in [0.05, 0.1) is 0 Å². The molecule has 1 aromatic rings. The maximum atomic E-state index is 13.8. The Kier molecular flexibility index (Phi) is 5.02. The van der Waals surface area contributed by atoms with Crippen LogP contribution in [0.25, 0.3) is 0 Å². The molecule has 0 aromatic heterocycles. The van der Waals surface area contributed by atoms with Gasteiger partial charge in [-0.05, 0) is 49.8 Å². The second-order valence-corrected chi connectivity index (χ2v) is 6.74. The Morgan fingerprint density at radius 3 is 2.68 bits per heavy atom. The van der Waals surface area contributed by atoms with E-state index in [0.717, 1.165) is 16.6 Å². The Hall–Kier alpha value is -0.410. The summed E-state index contributed by atoms with van der Waals surface area (Å²) in [6.07, 6.45) is 6.52. The van der Waals surface area contributed by atoms with Crippen LogP contribution < -0.4 is 5.32 Å². The van der Waals surface area contributed by atoms with Crippen molar-refractivity contribution in [1.82, 2.24) is 5.32 Å². The molecule has 1 unspecified atom stereocenters. The lowest BCUT2D eigenvalue weighted by Gasteiger charge is -2.30. The first kappa shape index (κ1) is 15.0. The molecule has 1 aromatic carbocycles. The Morgan fingerprint density at radius 1 is 1.37 bits per heavy atom. The van der Waals surface area contributed by atoms with Gasteiger partial charge in [0, 0.05) is 22.6 Å². The molecule has 0 aliphatic heterocycles. The van der Waals surface area contributed by atoms with Gasteiger partial charge in [0.25, 0.3) is 0 Å². The molecule has 1 aliphatic rings. The summed E-state index contributed by atoms with van der Waals surface area (Å²) in [7, 11) is 0. The normalized spacial score (nSPS) is 19.6. The van der Waals surface area contributed by atoms with E-state index < -0.39 is 0 Å². The van der Waals surface area contributed by atoms with Crippen molar-refractivity contribution in [2.45, 2.75) is 52.0 Å². The van der Waals surface area contributed by atoms with Gasteiger partial charge in [0.2, 0.25) is 0 Å². The number of halogens is 2. The molecule has 1 saturated carbocycles. The highest BCUT2D eigenvalue weighted by Gasteiger charge is 2.32. The smallest absolute Gasteiger partial charge is 0.128 e. The van der Waals surface area contributed by atoms with Crippen LogP contribution in [0.5, 0.6) is 0 Å². The van der Waals surface area contributed by atoms with E-state index in [9.17, 15) is 4.39 Å². The third-order valence-electron chi connectivity index (χ3n) is 4.62. The largest absolute Gasteiger partial charge is 0.310 e. The molecule has 1 nitrogen and oxygen atoms in total. The quantitative estimate of drug-likeness (QED) is 0.782. The maximum Gasteiger partial charge on any atom is 0.128 e. The lowest BCUT2D eigenvalue weighted by atomic mass is 9.83. The summed E-state index contributed by atoms with van der Waals surface area (Å²) < 4.78 is 14.8. The Morgan fingerprint density at radius 2 is 2.05 bits per heavy atom. The van der Waals surface area contributed by atoms with E-state index in [0.29, 0.717) is 5.41 Å². The van der Waals surface area contributed by atoms with Gasteiger partial charge in [-0.15, -0.1) is 0 Å². The number of nitrogens with one attached hydrogen (secondary N) is 1. The molecule has 3 heteroatoms. The van der Waals surface area contributed by atoms with Crippen LogP contribution in [0.15, 0.2) is 22.7 Å². The van der Waals surface area contributed by atoms with E-state index >= 15 is 0 Å². The van der Waals surface area contributed by atoms with Crippen LogP contribution in [0.1, 0.15) is 57.6 Å². The summed E-state index contributed by atoms with van der Waals surface area (Å²) in [5.41, 5.74) is 1.19. The third-order valence-corrected chi connectivity index (χ3v) is 5.12. The fraction of sp³-hybridized carbons (Fsp3) is 0.625. The highest BCUT2D eigenvalue weighted by molar-refractivity contribution is 9.10. The van der Waals surface area contributed by atoms with Crippen LogP contribution in [0.4, 0.5) is 4.39 Å². The van der Waals surface area contributed by atoms with Gasteiger partial charge >= 0.3 is 0 Å². The zero-order valence-electron chi connectivity index (χ0n) is 11.8. The molecule has 106 valence electrons. The molecule has 0 amide bonds. The summed E-state index contributed by atoms with van der Waals surface area (Å²) in [5, 5.41) is 3.54. The van der Waals surface area contributed by atoms with Crippen molar-refractivity contribution >= 4 is 15.9 Å². The van der Waals surface area contributed by atoms with Crippen molar-refractivity contribution in [3.8, 4) is 0 Å². The van der Waals surface area contributed by atoms with Crippen LogP contribution in [0.2, 0.25) is 0 Å². The van der Waals surface area contributed by atoms with Crippen LogP contribution in [0.3, 0.4) is 0 Å². The summed E-state index contributed by atoms with van der Waals surface area (Å²) >= 11 is 3.41. The first-order valence-electron chi connectivity index (χ1n) is 7.25. The van der Waals surface area contributed by atoms with Gasteiger partial charge < -0.3 is 5.32 Å². The summed E-state index contributed by atoms with van der Waals surface area (Å²) in [5.74, 6) is -0.125. The predicted molar refractivity (Wildman–Crippen MR) is 81.7 cm³/mol. The molecule has 1 fully saturated rings. The lowest BCUT2D eigenvalue weighted by molar-refractivity contribution is 0.258. The fourth-order valence-corrected chi connectivity index (χ4v) is 3.49. The molecule has 2 rings (SSSR count). The molecule has 1 N–H and O–H groups in total. The molecule has 0 saturated heterocycles. The average Bonchev–Trinajstić information content (AvgIpc) is 2.88. The predicted octanol–water partition coefficient (Wildman–Crippen LogP) is 5.21. The van der Waals surface area contributed by atoms with E-state index in [1.165, 1.54) is 38.2 Å². The van der Waals surface area contributed by atoms with Crippen molar-refractivity contribution in [1.29, 1.82) is 0 Å². The second kappa shape index (κ2) is 6.36. The molecule has 0 spiro atoms. The molecule has 19 heavy (non-hydrogen) atoms. The van der Waals surface area contributed by atoms with Gasteiger partial charge in [-0.3, -0.25) is 0 Å². The van der Waals surface area contributed by atoms with Crippen LogP contribution >= 0.6 is 15.9 Å². The number of hydrogen-bond donors (Lipinski definition) is 1. The average molecular weight is 328 g/mol. The standard InChI is InChI=1S/C16H23BrFN/c1-3-16(8-4-5-9-16)11-19-12(2)14-10-13(17)6-7-15(14)18/h6-7,10,12,19H,3-5,8-9,11H2,1-2H3. The molecular formula is C16H23BrFN. The minimum atomic E-state index is -0.125. The third kappa shape index (κ3) is 3.57. The molecule has 1 atom stereocenters. The van der Waals surface area contributed by atoms with E-state index in [1.807, 2.05) is 13.0 Å². The highest BCUT2D eigenvalue weighted by atomic mass is 79.9. The van der Waals surface area contributed by atoms with E-state index in [4.69, 9.17) is 0 Å². The van der Waals surface area contributed by atoms with Gasteiger partial charge in [0.15, 0.2) is 0 Å². The van der Waals surface area contributed by atoms with Gasteiger partial charge in [-0.25, -0.2) is 4.39 Å². The van der Waals surface area contributed by atoms with Crippen molar-refractivity contribution in [2.75, 3.05) is 6.54 Å². The van der Waals surface area contributed by atoms with Crippen molar-refractivity contribution in [3.05, 3.63) is 34.1 Å². The van der Waals surface area contributed by atoms with Crippen LogP contribution in [0, 0.1) is 11.2 Å². The molecular weight excluding hydrogens is 305 g/mol. The summed E-state index contributed by atoms with van der Waals surface area (Å²) in [6, 6.07) is 5.21. The number of rotatable bonds is 5. The zero-order valence-corrected chi connectivity index (χ0v) is 13.4. The van der Waals surface area contributed by atoms with Crippen molar-refractivity contribution < 1.29 is 4.39 Å². The first-order chi connectivity index (χ1) is 9.06. The minimum Gasteiger partial charge on any atom is -0.310 e. The van der Waals surface area contributed by atoms with E-state index in [2.05, 4.69) is 28.2 Å². The van der Waals surface area contributed by atoms with Gasteiger partial charge in [0.1, 0.15) is 5.82 Å².